The minimum atomic E-state index is 0.530. The maximum Gasteiger partial charge on any atom is 0.0461 e. The zero-order chi connectivity index (χ0) is 25.3. The summed E-state index contributed by atoms with van der Waals surface area (Å²) in [6, 6.07) is 28.2. The van der Waals surface area contributed by atoms with E-state index in [1.165, 1.54) is 22.5 Å². The van der Waals surface area contributed by atoms with E-state index in [-0.39, 0.29) is 0 Å². The Morgan fingerprint density at radius 3 is 2.08 bits per heavy atom. The van der Waals surface area contributed by atoms with E-state index in [1.807, 2.05) is 13.0 Å². The predicted octanol–water partition coefficient (Wildman–Crippen LogP) is 9.09. The molecule has 0 N–H and O–H groups in total. The van der Waals surface area contributed by atoms with E-state index in [2.05, 4.69) is 132 Å². The summed E-state index contributed by atoms with van der Waals surface area (Å²) in [6.45, 7) is 6.48. The van der Waals surface area contributed by atoms with Crippen molar-refractivity contribution < 1.29 is 0 Å². The normalized spacial score (nSPS) is 15.8. The molecule has 3 aromatic rings. The fourth-order valence-corrected chi connectivity index (χ4v) is 5.31. The Morgan fingerprint density at radius 1 is 0.917 bits per heavy atom. The first-order valence-electron chi connectivity index (χ1n) is 12.3. The van der Waals surface area contributed by atoms with E-state index in [0.717, 1.165) is 23.5 Å². The zero-order valence-corrected chi connectivity index (χ0v) is 22.2. The van der Waals surface area contributed by atoms with Gasteiger partial charge in [0.1, 0.15) is 0 Å². The van der Waals surface area contributed by atoms with Gasteiger partial charge in [-0.2, -0.15) is 0 Å². The Kier molecular flexibility index (Phi) is 8.62. The van der Waals surface area contributed by atoms with Crippen LogP contribution in [0.5, 0.6) is 0 Å². The van der Waals surface area contributed by atoms with Crippen molar-refractivity contribution in [3.8, 4) is 23.5 Å². The van der Waals surface area contributed by atoms with E-state index in [4.69, 9.17) is 6.42 Å². The van der Waals surface area contributed by atoms with Crippen LogP contribution in [0, 0.1) is 18.3 Å². The number of para-hydroxylation sites is 1. The monoisotopic (exact) mass is 488 g/mol. The molecule has 4 rings (SSSR count). The summed E-state index contributed by atoms with van der Waals surface area (Å²) >= 11 is 0. The summed E-state index contributed by atoms with van der Waals surface area (Å²) in [5.74, 6) is 3.11. The summed E-state index contributed by atoms with van der Waals surface area (Å²) in [7, 11) is 0.598. The second kappa shape index (κ2) is 12.3. The lowest BCUT2D eigenvalue weighted by molar-refractivity contribution is 0.726. The Bertz CT molecular complexity index is 1310. The van der Waals surface area contributed by atoms with Gasteiger partial charge in [-0.25, -0.2) is 0 Å². The van der Waals surface area contributed by atoms with Gasteiger partial charge in [0.05, 0.1) is 0 Å². The molecule has 3 heteroatoms. The highest BCUT2D eigenvalue weighted by atomic mass is 31.1. The molecular weight excluding hydrogens is 455 g/mol. The number of rotatable bonds is 8. The van der Waals surface area contributed by atoms with Crippen LogP contribution in [0.1, 0.15) is 20.3 Å². The Labute approximate surface area is 218 Å². The van der Waals surface area contributed by atoms with Crippen LogP contribution in [-0.4, -0.2) is 6.66 Å². The van der Waals surface area contributed by atoms with Crippen molar-refractivity contribution in [2.24, 2.45) is 5.92 Å². The lowest BCUT2D eigenvalue weighted by atomic mass is 9.99. The third kappa shape index (κ3) is 5.88. The zero-order valence-electron chi connectivity index (χ0n) is 21.2. The second-order valence-corrected chi connectivity index (χ2v) is 9.64. The van der Waals surface area contributed by atoms with E-state index in [9.17, 15) is 0 Å². The molecule has 0 fully saturated rings. The van der Waals surface area contributed by atoms with Crippen molar-refractivity contribution in [3.05, 3.63) is 127 Å². The number of hydrogen-bond acceptors (Lipinski definition) is 2. The van der Waals surface area contributed by atoms with Gasteiger partial charge in [-0.1, -0.05) is 73.5 Å². The lowest BCUT2D eigenvalue weighted by Crippen LogP contribution is -2.17. The van der Waals surface area contributed by atoms with Gasteiger partial charge in [0.15, 0.2) is 0 Å². The van der Waals surface area contributed by atoms with Crippen LogP contribution in [0.4, 0.5) is 17.1 Å². The fraction of sp³-hybridized carbons (Fsp3) is 0.152. The summed E-state index contributed by atoms with van der Waals surface area (Å²) in [5.41, 5.74) is 8.20. The largest absolute Gasteiger partial charge is 0.323 e. The van der Waals surface area contributed by atoms with Crippen molar-refractivity contribution in [3.63, 3.8) is 0 Å². The lowest BCUT2D eigenvalue weighted by Gasteiger charge is -2.29. The number of benzene rings is 3. The maximum atomic E-state index is 5.42. The van der Waals surface area contributed by atoms with Crippen molar-refractivity contribution >= 4 is 25.8 Å². The van der Waals surface area contributed by atoms with E-state index >= 15 is 0 Å². The number of nitrogens with zero attached hydrogens (tertiary/aromatic N) is 2. The molecule has 0 saturated heterocycles. The predicted molar refractivity (Wildman–Crippen MR) is 160 cm³/mol. The molecule has 1 aliphatic carbocycles. The standard InChI is InChI=1S/C33H33N2P/c1-5-7-13-29(6-2)35(36-4)32-23-19-28(20-24-32)27-17-21-31(22-18-27)34(30-14-9-8-10-15-30)33-16-11-12-26(3)25-33/h1,6-11,13-26,36H,12H2,2-4H3/b13-7-,29-6+. The molecule has 36 heavy (non-hydrogen) atoms. The Hall–Kier alpha value is -3.79. The van der Waals surface area contributed by atoms with Crippen LogP contribution in [0.25, 0.3) is 11.1 Å². The highest BCUT2D eigenvalue weighted by Gasteiger charge is 2.16. The van der Waals surface area contributed by atoms with Crippen LogP contribution in [-0.2, 0) is 0 Å². The molecular formula is C33H33N2P. The highest BCUT2D eigenvalue weighted by Crippen LogP contribution is 2.35. The fourth-order valence-electron chi connectivity index (χ4n) is 4.44. The van der Waals surface area contributed by atoms with Gasteiger partial charge in [-0.3, -0.25) is 0 Å². The molecule has 0 aromatic heterocycles. The van der Waals surface area contributed by atoms with E-state index in [0.29, 0.717) is 14.6 Å². The van der Waals surface area contributed by atoms with Crippen LogP contribution in [0.2, 0.25) is 0 Å². The number of terminal acetylenes is 1. The molecule has 180 valence electrons. The minimum Gasteiger partial charge on any atom is -0.323 e. The third-order valence-electron chi connectivity index (χ3n) is 6.24. The van der Waals surface area contributed by atoms with Gasteiger partial charge < -0.3 is 9.57 Å². The topological polar surface area (TPSA) is 6.48 Å². The molecule has 0 spiro atoms. The number of anilines is 3. The van der Waals surface area contributed by atoms with Gasteiger partial charge in [0.25, 0.3) is 0 Å². The SMILES string of the molecule is C#C/C=C\C(=C/C)N(PC)c1ccc(-c2ccc(N(C3=CC(C)CC=C3)c3ccccc3)cc2)cc1. The van der Waals surface area contributed by atoms with Crippen LogP contribution >= 0.6 is 8.73 Å². The first kappa shape index (κ1) is 25.3. The quantitative estimate of drug-likeness (QED) is 0.177. The molecule has 0 saturated carbocycles. The van der Waals surface area contributed by atoms with Crippen molar-refractivity contribution in [2.45, 2.75) is 20.3 Å². The molecule has 3 aromatic carbocycles. The van der Waals surface area contributed by atoms with Gasteiger partial charge >= 0.3 is 0 Å². The van der Waals surface area contributed by atoms with Crippen molar-refractivity contribution in [1.29, 1.82) is 0 Å². The third-order valence-corrected chi connectivity index (χ3v) is 7.20. The summed E-state index contributed by atoms with van der Waals surface area (Å²) in [6.07, 6.45) is 19.2. The molecule has 0 heterocycles. The Morgan fingerprint density at radius 2 is 1.53 bits per heavy atom. The first-order valence-corrected chi connectivity index (χ1v) is 13.8. The molecule has 0 amide bonds. The van der Waals surface area contributed by atoms with Gasteiger partial charge in [0, 0.05) is 28.5 Å². The molecule has 2 atom stereocenters. The second-order valence-electron chi connectivity index (χ2n) is 8.74. The average Bonchev–Trinajstić information content (AvgIpc) is 2.92. The summed E-state index contributed by atoms with van der Waals surface area (Å²) in [5, 5.41) is 0. The average molecular weight is 489 g/mol. The van der Waals surface area contributed by atoms with Crippen molar-refractivity contribution in [1.82, 2.24) is 0 Å². The van der Waals surface area contributed by atoms with Crippen LogP contribution in [0.15, 0.2) is 127 Å². The minimum absolute atomic E-state index is 0.530. The molecule has 0 aliphatic heterocycles. The molecule has 1 aliphatic rings. The summed E-state index contributed by atoms with van der Waals surface area (Å²) in [4.78, 5) is 2.33. The molecule has 0 bridgehead atoms. The van der Waals surface area contributed by atoms with Crippen molar-refractivity contribution in [2.75, 3.05) is 16.2 Å². The van der Waals surface area contributed by atoms with E-state index < -0.39 is 0 Å². The molecule has 2 nitrogen and oxygen atoms in total. The summed E-state index contributed by atoms with van der Waals surface area (Å²) < 4.78 is 2.28. The molecule has 2 unspecified atom stereocenters. The highest BCUT2D eigenvalue weighted by molar-refractivity contribution is 7.39. The Balaban J connectivity index is 1.61. The number of hydrogen-bond donors (Lipinski definition) is 0. The maximum absolute atomic E-state index is 5.42. The van der Waals surface area contributed by atoms with Gasteiger partial charge in [0.2, 0.25) is 0 Å². The smallest absolute Gasteiger partial charge is 0.0461 e. The molecule has 0 radical (unpaired) electrons. The van der Waals surface area contributed by atoms with Gasteiger partial charge in [-0.05, 0) is 100 Å². The van der Waals surface area contributed by atoms with E-state index in [1.54, 1.807) is 6.08 Å². The van der Waals surface area contributed by atoms with Gasteiger partial charge in [-0.15, -0.1) is 6.42 Å². The van der Waals surface area contributed by atoms with Crippen LogP contribution in [0.3, 0.4) is 0 Å². The number of allylic oxidation sites excluding steroid dienone is 6. The van der Waals surface area contributed by atoms with Crippen LogP contribution < -0.4 is 9.57 Å². The first-order chi connectivity index (χ1) is 17.6.